The molecule has 0 aliphatic rings. The number of nitro benzene ring substituents is 1. The molecule has 5 nitrogen and oxygen atoms in total. The van der Waals surface area contributed by atoms with Crippen LogP contribution in [-0.2, 0) is 6.18 Å². The Labute approximate surface area is 93.3 Å². The minimum absolute atomic E-state index is 0.210. The van der Waals surface area contributed by atoms with Gasteiger partial charge in [0, 0.05) is 17.2 Å². The van der Waals surface area contributed by atoms with Crippen LogP contribution in [0, 0.1) is 17.0 Å². The van der Waals surface area contributed by atoms with E-state index in [0.29, 0.717) is 12.1 Å². The van der Waals surface area contributed by atoms with Crippen LogP contribution in [0.4, 0.5) is 18.9 Å². The molecular weight excluding hydrogens is 243 g/mol. The number of nitro groups is 1. The predicted octanol–water partition coefficient (Wildman–Crippen LogP) is 1.91. The summed E-state index contributed by atoms with van der Waals surface area (Å²) in [5, 5.41) is 28.3. The van der Waals surface area contributed by atoms with E-state index in [1.165, 1.54) is 0 Å². The van der Waals surface area contributed by atoms with Gasteiger partial charge in [0.05, 0.1) is 10.5 Å². The molecule has 0 amide bonds. The number of hydrogen-bond donors (Lipinski definition) is 2. The zero-order valence-corrected chi connectivity index (χ0v) is 8.52. The first-order valence-corrected chi connectivity index (χ1v) is 4.37. The lowest BCUT2D eigenvalue weighted by Crippen LogP contribution is -2.10. The highest BCUT2D eigenvalue weighted by atomic mass is 19.4. The highest BCUT2D eigenvalue weighted by Crippen LogP contribution is 2.36. The Balaban J connectivity index is 3.53. The average Bonchev–Trinajstić information content (AvgIpc) is 2.14. The molecule has 0 aliphatic heterocycles. The Kier molecular flexibility index (Phi) is 3.39. The van der Waals surface area contributed by atoms with Gasteiger partial charge in [0.15, 0.2) is 6.29 Å². The molecule has 0 saturated carbocycles. The molecule has 2 N–H and O–H groups in total. The summed E-state index contributed by atoms with van der Waals surface area (Å²) in [5.74, 6) is 0. The largest absolute Gasteiger partial charge is 0.416 e. The van der Waals surface area contributed by atoms with Crippen molar-refractivity contribution < 1.29 is 28.3 Å². The van der Waals surface area contributed by atoms with Crippen LogP contribution in [0.3, 0.4) is 0 Å². The predicted molar refractivity (Wildman–Crippen MR) is 50.0 cm³/mol. The maximum absolute atomic E-state index is 12.4. The molecule has 0 spiro atoms. The number of rotatable bonds is 2. The van der Waals surface area contributed by atoms with Crippen molar-refractivity contribution >= 4 is 5.69 Å². The van der Waals surface area contributed by atoms with E-state index in [-0.39, 0.29) is 5.56 Å². The van der Waals surface area contributed by atoms with E-state index in [9.17, 15) is 23.3 Å². The maximum Gasteiger partial charge on any atom is 0.416 e. The zero-order chi connectivity index (χ0) is 13.4. The summed E-state index contributed by atoms with van der Waals surface area (Å²) in [6, 6.07) is 0.841. The summed E-state index contributed by atoms with van der Waals surface area (Å²) in [5.41, 5.74) is -2.84. The number of nitrogens with zero attached hydrogens (tertiary/aromatic N) is 1. The van der Waals surface area contributed by atoms with Gasteiger partial charge in [0.1, 0.15) is 0 Å². The summed E-state index contributed by atoms with van der Waals surface area (Å²) >= 11 is 0. The minimum atomic E-state index is -4.79. The van der Waals surface area contributed by atoms with Crippen LogP contribution in [0.2, 0.25) is 0 Å². The second-order valence-corrected chi connectivity index (χ2v) is 3.34. The van der Waals surface area contributed by atoms with Crippen molar-refractivity contribution in [1.82, 2.24) is 0 Å². The van der Waals surface area contributed by atoms with Crippen molar-refractivity contribution in [3.05, 3.63) is 38.9 Å². The molecule has 0 saturated heterocycles. The van der Waals surface area contributed by atoms with Crippen LogP contribution < -0.4 is 0 Å². The summed E-state index contributed by atoms with van der Waals surface area (Å²) in [6.45, 7) is 1.15. The molecule has 1 aromatic rings. The van der Waals surface area contributed by atoms with Crippen LogP contribution in [0.15, 0.2) is 12.1 Å². The van der Waals surface area contributed by atoms with Crippen molar-refractivity contribution in [3.8, 4) is 0 Å². The van der Waals surface area contributed by atoms with Crippen molar-refractivity contribution in [3.63, 3.8) is 0 Å². The first-order valence-electron chi connectivity index (χ1n) is 4.37. The lowest BCUT2D eigenvalue weighted by molar-refractivity contribution is -0.385. The summed E-state index contributed by atoms with van der Waals surface area (Å²) < 4.78 is 37.3. The molecule has 0 bridgehead atoms. The Morgan fingerprint density at radius 1 is 1.35 bits per heavy atom. The second-order valence-electron chi connectivity index (χ2n) is 3.34. The van der Waals surface area contributed by atoms with Gasteiger partial charge in [-0.15, -0.1) is 0 Å². The van der Waals surface area contributed by atoms with Gasteiger partial charge in [-0.05, 0) is 13.0 Å². The summed E-state index contributed by atoms with van der Waals surface area (Å²) in [4.78, 5) is 9.55. The Bertz CT molecular complexity index is 456. The van der Waals surface area contributed by atoms with Crippen molar-refractivity contribution in [2.45, 2.75) is 19.4 Å². The normalized spacial score (nSPS) is 11.9. The molecule has 0 atom stereocenters. The SMILES string of the molecule is Cc1c(C(O)O)cc(C(F)(F)F)cc1[N+](=O)[O-]. The number of aliphatic hydroxyl groups excluding tert-OH is 1. The summed E-state index contributed by atoms with van der Waals surface area (Å²) in [7, 11) is 0. The van der Waals surface area contributed by atoms with Crippen molar-refractivity contribution in [1.29, 1.82) is 0 Å². The number of alkyl halides is 3. The third-order valence-electron chi connectivity index (χ3n) is 2.22. The van der Waals surface area contributed by atoms with E-state index in [1.54, 1.807) is 0 Å². The van der Waals surface area contributed by atoms with E-state index in [2.05, 4.69) is 0 Å². The van der Waals surface area contributed by atoms with Crippen molar-refractivity contribution in [2.75, 3.05) is 0 Å². The van der Waals surface area contributed by atoms with Gasteiger partial charge in [-0.1, -0.05) is 0 Å². The smallest absolute Gasteiger partial charge is 0.364 e. The fraction of sp³-hybridized carbons (Fsp3) is 0.333. The summed E-state index contributed by atoms with van der Waals surface area (Å²) in [6.07, 6.45) is -6.99. The molecule has 1 aromatic carbocycles. The van der Waals surface area contributed by atoms with E-state index >= 15 is 0 Å². The first kappa shape index (κ1) is 13.4. The lowest BCUT2D eigenvalue weighted by Gasteiger charge is -2.13. The number of benzene rings is 1. The molecule has 1 rings (SSSR count). The molecule has 8 heteroatoms. The lowest BCUT2D eigenvalue weighted by atomic mass is 10.0. The van der Waals surface area contributed by atoms with E-state index in [4.69, 9.17) is 10.2 Å². The highest BCUT2D eigenvalue weighted by molar-refractivity contribution is 5.49. The third kappa shape index (κ3) is 2.71. The Morgan fingerprint density at radius 2 is 1.88 bits per heavy atom. The third-order valence-corrected chi connectivity index (χ3v) is 2.22. The van der Waals surface area contributed by atoms with Gasteiger partial charge in [0.2, 0.25) is 0 Å². The second kappa shape index (κ2) is 4.30. The Hall–Kier alpha value is -1.67. The van der Waals surface area contributed by atoms with E-state index in [0.717, 1.165) is 6.92 Å². The van der Waals surface area contributed by atoms with Crippen LogP contribution in [0.1, 0.15) is 23.0 Å². The fourth-order valence-electron chi connectivity index (χ4n) is 1.34. The van der Waals surface area contributed by atoms with Gasteiger partial charge >= 0.3 is 6.18 Å². The highest BCUT2D eigenvalue weighted by Gasteiger charge is 2.34. The van der Waals surface area contributed by atoms with Gasteiger partial charge in [-0.25, -0.2) is 0 Å². The molecule has 0 aliphatic carbocycles. The number of aliphatic hydroxyl groups is 2. The fourth-order valence-corrected chi connectivity index (χ4v) is 1.34. The minimum Gasteiger partial charge on any atom is -0.364 e. The zero-order valence-electron chi connectivity index (χ0n) is 8.52. The maximum atomic E-state index is 12.4. The number of hydrogen-bond acceptors (Lipinski definition) is 4. The quantitative estimate of drug-likeness (QED) is 0.477. The van der Waals surface area contributed by atoms with Gasteiger partial charge in [-0.3, -0.25) is 10.1 Å². The molecule has 0 fully saturated rings. The van der Waals surface area contributed by atoms with E-state index < -0.39 is 34.2 Å². The standard InChI is InChI=1S/C9H8F3NO4/c1-4-6(8(14)15)2-5(9(10,11)12)3-7(4)13(16)17/h2-3,8,14-15H,1H3. The molecular formula is C9H8F3NO4. The van der Waals surface area contributed by atoms with Crippen molar-refractivity contribution in [2.24, 2.45) is 0 Å². The number of halogens is 3. The van der Waals surface area contributed by atoms with Crippen LogP contribution >= 0.6 is 0 Å². The van der Waals surface area contributed by atoms with E-state index in [1.807, 2.05) is 0 Å². The first-order chi connectivity index (χ1) is 7.64. The molecule has 94 valence electrons. The van der Waals surface area contributed by atoms with Gasteiger partial charge in [-0.2, -0.15) is 13.2 Å². The molecule has 17 heavy (non-hydrogen) atoms. The van der Waals surface area contributed by atoms with Crippen LogP contribution in [0.5, 0.6) is 0 Å². The molecule has 0 unspecified atom stereocenters. The Morgan fingerprint density at radius 3 is 2.24 bits per heavy atom. The van der Waals surface area contributed by atoms with Gasteiger partial charge in [0.25, 0.3) is 5.69 Å². The molecule has 0 aromatic heterocycles. The average molecular weight is 251 g/mol. The van der Waals surface area contributed by atoms with Gasteiger partial charge < -0.3 is 10.2 Å². The monoisotopic (exact) mass is 251 g/mol. The molecule has 0 heterocycles. The molecule has 0 radical (unpaired) electrons. The topological polar surface area (TPSA) is 83.6 Å². The van der Waals surface area contributed by atoms with Crippen LogP contribution in [0.25, 0.3) is 0 Å². The van der Waals surface area contributed by atoms with Crippen LogP contribution in [-0.4, -0.2) is 15.1 Å².